The molecule has 1 saturated heterocycles. The predicted octanol–water partition coefficient (Wildman–Crippen LogP) is 5.93. The Hall–Kier alpha value is -4.65. The number of para-hydroxylation sites is 1. The highest BCUT2D eigenvalue weighted by Gasteiger charge is 2.48. The van der Waals surface area contributed by atoms with Gasteiger partial charge in [0.1, 0.15) is 0 Å². The van der Waals surface area contributed by atoms with E-state index in [2.05, 4.69) is 0 Å². The minimum Gasteiger partial charge on any atom is -0.454 e. The number of hydrogen-bond acceptors (Lipinski definition) is 6. The first-order valence-corrected chi connectivity index (χ1v) is 13.6. The number of nitrogens with zero attached hydrogens (tertiary/aromatic N) is 2. The molecule has 0 N–H and O–H groups in total. The van der Waals surface area contributed by atoms with Crippen LogP contribution in [0, 0.1) is 18.8 Å². The highest BCUT2D eigenvalue weighted by atomic mass is 16.5. The lowest BCUT2D eigenvalue weighted by Crippen LogP contribution is -2.30. The van der Waals surface area contributed by atoms with Crippen LogP contribution in [0.5, 0.6) is 0 Å². The Bertz CT molecular complexity index is 1620. The molecule has 40 heavy (non-hydrogen) atoms. The van der Waals surface area contributed by atoms with E-state index in [0.717, 1.165) is 36.8 Å². The van der Waals surface area contributed by atoms with Gasteiger partial charge >= 0.3 is 5.97 Å². The highest BCUT2D eigenvalue weighted by molar-refractivity contribution is 6.22. The number of fused-ring (bicyclic) bond motifs is 2. The summed E-state index contributed by atoms with van der Waals surface area (Å²) in [5.41, 5.74) is 4.22. The molecule has 0 bridgehead atoms. The number of amides is 2. The lowest BCUT2D eigenvalue weighted by molar-refractivity contribution is -0.122. The summed E-state index contributed by atoms with van der Waals surface area (Å²) in [5, 5.41) is 0.617. The van der Waals surface area contributed by atoms with E-state index in [1.165, 1.54) is 4.90 Å². The van der Waals surface area contributed by atoms with Gasteiger partial charge in [-0.1, -0.05) is 73.0 Å². The summed E-state index contributed by atoms with van der Waals surface area (Å²) in [4.78, 5) is 57.8. The van der Waals surface area contributed by atoms with Crippen LogP contribution in [0.15, 0.2) is 78.9 Å². The number of ether oxygens (including phenoxy) is 1. The van der Waals surface area contributed by atoms with E-state index in [9.17, 15) is 19.2 Å². The van der Waals surface area contributed by atoms with Crippen LogP contribution in [0.1, 0.15) is 52.0 Å². The minimum absolute atomic E-state index is 0.114. The lowest BCUT2D eigenvalue weighted by Gasteiger charge is -2.19. The Morgan fingerprint density at radius 1 is 0.875 bits per heavy atom. The van der Waals surface area contributed by atoms with Crippen LogP contribution in [0.2, 0.25) is 0 Å². The summed E-state index contributed by atoms with van der Waals surface area (Å²) in [6, 6.07) is 23.1. The molecule has 0 radical (unpaired) electrons. The topological polar surface area (TPSA) is 93.6 Å². The van der Waals surface area contributed by atoms with E-state index in [4.69, 9.17) is 9.72 Å². The number of imide groups is 1. The smallest absolute Gasteiger partial charge is 0.339 e. The monoisotopic (exact) mass is 532 g/mol. The molecular formula is C33H28N2O5. The molecule has 2 fully saturated rings. The number of esters is 1. The van der Waals surface area contributed by atoms with E-state index < -0.39 is 5.97 Å². The number of ketones is 1. The van der Waals surface area contributed by atoms with E-state index in [0.29, 0.717) is 33.4 Å². The summed E-state index contributed by atoms with van der Waals surface area (Å²) >= 11 is 0. The summed E-state index contributed by atoms with van der Waals surface area (Å²) < 4.78 is 5.43. The largest absolute Gasteiger partial charge is 0.454 e. The number of anilines is 1. The van der Waals surface area contributed by atoms with E-state index in [-0.39, 0.29) is 36.0 Å². The quantitative estimate of drug-likeness (QED) is 0.174. The summed E-state index contributed by atoms with van der Waals surface area (Å²) in [5.74, 6) is -1.56. The summed E-state index contributed by atoms with van der Waals surface area (Å²) in [6.07, 6.45) is 3.48. The molecule has 1 aliphatic carbocycles. The first-order valence-electron chi connectivity index (χ1n) is 13.6. The second-order valence-corrected chi connectivity index (χ2v) is 10.5. The Morgan fingerprint density at radius 2 is 1.52 bits per heavy atom. The molecular weight excluding hydrogens is 504 g/mol. The summed E-state index contributed by atoms with van der Waals surface area (Å²) in [7, 11) is 0. The van der Waals surface area contributed by atoms with Gasteiger partial charge in [0.15, 0.2) is 12.4 Å². The van der Waals surface area contributed by atoms with Gasteiger partial charge in [-0.2, -0.15) is 0 Å². The standard InChI is InChI=1S/C33H28N2O5/c1-20-10-12-22(13-11-20)30(36)19-40-33(39)27-18-29(34-28-9-5-4-6-24(27)28)21-14-16-23(17-15-21)35-31(37)25-7-2-3-8-26(25)32(35)38/h4-6,9-18,25-26H,2-3,7-8,19H2,1H3/t25-,26+. The number of rotatable bonds is 6. The van der Waals surface area contributed by atoms with Crippen LogP contribution in [0.4, 0.5) is 5.69 Å². The zero-order valence-electron chi connectivity index (χ0n) is 22.1. The molecule has 0 spiro atoms. The van der Waals surface area contributed by atoms with Crippen LogP contribution in [0.3, 0.4) is 0 Å². The highest BCUT2D eigenvalue weighted by Crippen LogP contribution is 2.40. The van der Waals surface area contributed by atoms with Crippen molar-refractivity contribution in [2.24, 2.45) is 11.8 Å². The van der Waals surface area contributed by atoms with Crippen LogP contribution in [-0.2, 0) is 14.3 Å². The van der Waals surface area contributed by atoms with Crippen molar-refractivity contribution in [3.63, 3.8) is 0 Å². The molecule has 0 unspecified atom stereocenters. The molecule has 2 atom stereocenters. The maximum absolute atomic E-state index is 13.2. The van der Waals surface area contributed by atoms with Gasteiger partial charge in [-0.05, 0) is 44.0 Å². The van der Waals surface area contributed by atoms with Crippen LogP contribution >= 0.6 is 0 Å². The Labute approximate surface area is 231 Å². The fourth-order valence-corrected chi connectivity index (χ4v) is 5.72. The van der Waals surface area contributed by atoms with Gasteiger partial charge in [-0.15, -0.1) is 0 Å². The van der Waals surface area contributed by atoms with Crippen molar-refractivity contribution >= 4 is 40.2 Å². The molecule has 2 amide bonds. The molecule has 200 valence electrons. The molecule has 6 rings (SSSR count). The van der Waals surface area contributed by atoms with Crippen molar-refractivity contribution in [3.8, 4) is 11.3 Å². The molecule has 1 aliphatic heterocycles. The van der Waals surface area contributed by atoms with Gasteiger partial charge in [-0.3, -0.25) is 19.3 Å². The SMILES string of the molecule is Cc1ccc(C(=O)COC(=O)c2cc(-c3ccc(N4C(=O)[C@H]5CCCC[C@H]5C4=O)cc3)nc3ccccc23)cc1. The fourth-order valence-electron chi connectivity index (χ4n) is 5.72. The average Bonchev–Trinajstić information content (AvgIpc) is 3.25. The number of Topliss-reactive ketones (excluding diaryl/α,β-unsaturated/α-hetero) is 1. The van der Waals surface area contributed by atoms with Crippen molar-refractivity contribution in [2.75, 3.05) is 11.5 Å². The first kappa shape index (κ1) is 25.6. The van der Waals surface area contributed by atoms with Gasteiger partial charge in [0.2, 0.25) is 11.8 Å². The third-order valence-electron chi connectivity index (χ3n) is 7.91. The van der Waals surface area contributed by atoms with Crippen molar-refractivity contribution in [3.05, 3.63) is 95.6 Å². The zero-order valence-corrected chi connectivity index (χ0v) is 22.1. The Balaban J connectivity index is 1.26. The van der Waals surface area contributed by atoms with Gasteiger partial charge in [0, 0.05) is 16.5 Å². The number of aryl methyl sites for hydroxylation is 1. The van der Waals surface area contributed by atoms with Crippen molar-refractivity contribution in [2.45, 2.75) is 32.6 Å². The Kier molecular flexibility index (Phi) is 6.72. The van der Waals surface area contributed by atoms with Crippen molar-refractivity contribution in [1.82, 2.24) is 4.98 Å². The maximum Gasteiger partial charge on any atom is 0.339 e. The molecule has 7 heteroatoms. The summed E-state index contributed by atoms with van der Waals surface area (Å²) in [6.45, 7) is 1.56. The first-order chi connectivity index (χ1) is 19.4. The van der Waals surface area contributed by atoms with Crippen molar-refractivity contribution in [1.29, 1.82) is 0 Å². The van der Waals surface area contributed by atoms with Gasteiger partial charge in [0.25, 0.3) is 0 Å². The number of carbonyl (C=O) groups is 4. The molecule has 3 aromatic carbocycles. The van der Waals surface area contributed by atoms with Crippen LogP contribution in [-0.4, -0.2) is 35.2 Å². The fraction of sp³-hybridized carbons (Fsp3) is 0.242. The normalized spacial score (nSPS) is 18.6. The van der Waals surface area contributed by atoms with Crippen LogP contribution < -0.4 is 4.90 Å². The lowest BCUT2D eigenvalue weighted by atomic mass is 9.81. The number of aromatic nitrogens is 1. The number of benzene rings is 3. The third-order valence-corrected chi connectivity index (χ3v) is 7.91. The second kappa shape index (κ2) is 10.5. The van der Waals surface area contributed by atoms with Gasteiger partial charge in [0.05, 0.1) is 34.3 Å². The van der Waals surface area contributed by atoms with Crippen molar-refractivity contribution < 1.29 is 23.9 Å². The van der Waals surface area contributed by atoms with Gasteiger partial charge < -0.3 is 4.74 Å². The minimum atomic E-state index is -0.618. The maximum atomic E-state index is 13.2. The molecule has 7 nitrogen and oxygen atoms in total. The molecule has 1 saturated carbocycles. The molecule has 1 aromatic heterocycles. The number of carbonyl (C=O) groups excluding carboxylic acids is 4. The molecule has 2 heterocycles. The third kappa shape index (κ3) is 4.68. The predicted molar refractivity (Wildman–Crippen MR) is 151 cm³/mol. The number of pyridine rings is 1. The molecule has 4 aromatic rings. The van der Waals surface area contributed by atoms with Gasteiger partial charge in [-0.25, -0.2) is 9.78 Å². The van der Waals surface area contributed by atoms with Crippen LogP contribution in [0.25, 0.3) is 22.2 Å². The van der Waals surface area contributed by atoms with E-state index in [1.54, 1.807) is 48.5 Å². The second-order valence-electron chi connectivity index (χ2n) is 10.5. The zero-order chi connectivity index (χ0) is 27.8. The molecule has 2 aliphatic rings. The van der Waals surface area contributed by atoms with E-state index >= 15 is 0 Å². The number of hydrogen-bond donors (Lipinski definition) is 0. The van der Waals surface area contributed by atoms with E-state index in [1.807, 2.05) is 37.3 Å². The Morgan fingerprint density at radius 3 is 2.20 bits per heavy atom. The average molecular weight is 533 g/mol.